The van der Waals surface area contributed by atoms with Gasteiger partial charge in [-0.15, -0.1) is 47.3 Å². The number of para-hydroxylation sites is 2. The van der Waals surface area contributed by atoms with Gasteiger partial charge in [0.15, 0.2) is 0 Å². The standard InChI is InChI=1S/C16H11N2.C12H10N.Ni/c1-2-7-13(8-3-1)14-10-6-11-16(18-14)15-9-4-5-12-17-15;1-3-7-11(8-4-1)13-12-9-5-2-6-10-12;/h1-7,9-12H;1-10H;/q2*-1;+2. The Morgan fingerprint density at radius 2 is 1.12 bits per heavy atom. The molecule has 0 amide bonds. The molecule has 0 saturated carbocycles. The van der Waals surface area contributed by atoms with Gasteiger partial charge < -0.3 is 5.32 Å². The first-order chi connectivity index (χ1) is 15.4. The Morgan fingerprint density at radius 3 is 1.72 bits per heavy atom. The average molecular weight is 458 g/mol. The van der Waals surface area contributed by atoms with E-state index in [1.54, 1.807) is 6.20 Å². The van der Waals surface area contributed by atoms with Crippen molar-refractivity contribution in [2.45, 2.75) is 0 Å². The predicted molar refractivity (Wildman–Crippen MR) is 127 cm³/mol. The van der Waals surface area contributed by atoms with Crippen molar-refractivity contribution in [3.8, 4) is 22.6 Å². The Hall–Kier alpha value is -3.75. The third kappa shape index (κ3) is 6.63. The molecule has 0 bridgehead atoms. The fraction of sp³-hybridized carbons (Fsp3) is 0. The van der Waals surface area contributed by atoms with Gasteiger partial charge in [-0.2, -0.15) is 0 Å². The van der Waals surface area contributed by atoms with Gasteiger partial charge in [0, 0.05) is 6.20 Å². The maximum atomic E-state index is 4.62. The number of aromatic nitrogens is 2. The molecule has 5 aromatic rings. The third-order valence-electron chi connectivity index (χ3n) is 4.43. The quantitative estimate of drug-likeness (QED) is 0.205. The molecule has 0 atom stereocenters. The summed E-state index contributed by atoms with van der Waals surface area (Å²) in [4.78, 5) is 8.93. The fourth-order valence-corrected chi connectivity index (χ4v) is 2.95. The molecule has 158 valence electrons. The van der Waals surface area contributed by atoms with E-state index in [0.717, 1.165) is 34.0 Å². The van der Waals surface area contributed by atoms with Crippen molar-refractivity contribution in [3.63, 3.8) is 0 Å². The minimum absolute atomic E-state index is 0. The smallest absolute Gasteiger partial charge is 0.658 e. The number of benzene rings is 3. The van der Waals surface area contributed by atoms with Gasteiger partial charge in [-0.3, -0.25) is 9.97 Å². The van der Waals surface area contributed by atoms with Crippen molar-refractivity contribution in [2.24, 2.45) is 0 Å². The molecular formula is C28H21N3Ni. The van der Waals surface area contributed by atoms with Crippen LogP contribution in [0.4, 0.5) is 11.4 Å². The minimum Gasteiger partial charge on any atom is -0.658 e. The molecule has 0 saturated heterocycles. The van der Waals surface area contributed by atoms with Crippen molar-refractivity contribution in [2.75, 3.05) is 0 Å². The Labute approximate surface area is 199 Å². The second-order valence-electron chi connectivity index (χ2n) is 6.68. The van der Waals surface area contributed by atoms with Crippen LogP contribution in [0, 0.1) is 6.07 Å². The van der Waals surface area contributed by atoms with Gasteiger partial charge in [0.25, 0.3) is 0 Å². The Balaban J connectivity index is 0.000000184. The summed E-state index contributed by atoms with van der Waals surface area (Å²) in [6.07, 6.45) is 1.78. The molecule has 0 unspecified atom stereocenters. The third-order valence-corrected chi connectivity index (χ3v) is 4.43. The zero-order valence-corrected chi connectivity index (χ0v) is 18.3. The van der Waals surface area contributed by atoms with E-state index in [1.165, 1.54) is 0 Å². The summed E-state index contributed by atoms with van der Waals surface area (Å²) in [5, 5.41) is 4.44. The molecule has 2 heterocycles. The maximum Gasteiger partial charge on any atom is 2.00 e. The summed E-state index contributed by atoms with van der Waals surface area (Å²) in [6.45, 7) is 0. The van der Waals surface area contributed by atoms with Gasteiger partial charge in [0.1, 0.15) is 0 Å². The fourth-order valence-electron chi connectivity index (χ4n) is 2.95. The molecule has 0 spiro atoms. The van der Waals surface area contributed by atoms with Crippen LogP contribution in [0.3, 0.4) is 0 Å². The number of hydrogen-bond donors (Lipinski definition) is 0. The van der Waals surface area contributed by atoms with Crippen molar-refractivity contribution in [1.82, 2.24) is 9.97 Å². The number of hydrogen-bond acceptors (Lipinski definition) is 2. The molecule has 4 heteroatoms. The summed E-state index contributed by atoms with van der Waals surface area (Å²) in [5.41, 5.74) is 5.66. The molecule has 32 heavy (non-hydrogen) atoms. The zero-order valence-electron chi connectivity index (χ0n) is 17.3. The average Bonchev–Trinajstić information content (AvgIpc) is 2.87. The van der Waals surface area contributed by atoms with Crippen LogP contribution in [0.15, 0.2) is 128 Å². The van der Waals surface area contributed by atoms with E-state index in [-0.39, 0.29) is 16.5 Å². The molecule has 0 aliphatic heterocycles. The molecule has 0 aliphatic carbocycles. The van der Waals surface area contributed by atoms with E-state index in [1.807, 2.05) is 121 Å². The molecule has 0 aliphatic rings. The topological polar surface area (TPSA) is 39.9 Å². The normalized spacial score (nSPS) is 9.62. The van der Waals surface area contributed by atoms with Crippen LogP contribution in [0.2, 0.25) is 0 Å². The monoisotopic (exact) mass is 457 g/mol. The molecule has 3 nitrogen and oxygen atoms in total. The molecule has 2 aromatic heterocycles. The molecule has 0 radical (unpaired) electrons. The van der Waals surface area contributed by atoms with Gasteiger partial charge in [0.2, 0.25) is 0 Å². The Kier molecular flexibility index (Phi) is 8.73. The van der Waals surface area contributed by atoms with Gasteiger partial charge in [-0.1, -0.05) is 78.9 Å². The molecular weight excluding hydrogens is 437 g/mol. The first kappa shape index (κ1) is 22.9. The largest absolute Gasteiger partial charge is 2.00 e. The second kappa shape index (κ2) is 12.2. The Bertz CT molecular complexity index is 1090. The summed E-state index contributed by atoms with van der Waals surface area (Å²) < 4.78 is 0. The van der Waals surface area contributed by atoms with Crippen LogP contribution < -0.4 is 0 Å². The first-order valence-corrected chi connectivity index (χ1v) is 10.1. The summed E-state index contributed by atoms with van der Waals surface area (Å²) in [6, 6.07) is 42.7. The number of nitrogens with zero attached hydrogens (tertiary/aromatic N) is 3. The predicted octanol–water partition coefficient (Wildman–Crippen LogP) is 7.63. The SMILES string of the molecule is [Ni+2].[c-]1ccccc1-c1cccc(-c2ccccn2)n1.c1ccc([N-]c2ccccc2)cc1. The zero-order chi connectivity index (χ0) is 21.1. The number of rotatable bonds is 4. The van der Waals surface area contributed by atoms with E-state index in [4.69, 9.17) is 0 Å². The van der Waals surface area contributed by atoms with Crippen LogP contribution in [-0.4, -0.2) is 9.97 Å². The summed E-state index contributed by atoms with van der Waals surface area (Å²) >= 11 is 0. The van der Waals surface area contributed by atoms with Crippen LogP contribution in [-0.2, 0) is 16.5 Å². The van der Waals surface area contributed by atoms with E-state index < -0.39 is 0 Å². The summed E-state index contributed by atoms with van der Waals surface area (Å²) in [5.74, 6) is 0. The molecule has 0 fully saturated rings. The van der Waals surface area contributed by atoms with Crippen molar-refractivity contribution >= 4 is 11.4 Å². The van der Waals surface area contributed by atoms with Crippen LogP contribution in [0.1, 0.15) is 0 Å². The molecule has 5 rings (SSSR count). The van der Waals surface area contributed by atoms with Gasteiger partial charge >= 0.3 is 16.5 Å². The van der Waals surface area contributed by atoms with E-state index in [9.17, 15) is 0 Å². The molecule has 3 aromatic carbocycles. The van der Waals surface area contributed by atoms with Crippen LogP contribution in [0.5, 0.6) is 0 Å². The molecule has 0 N–H and O–H groups in total. The van der Waals surface area contributed by atoms with Crippen molar-refractivity contribution < 1.29 is 16.5 Å². The first-order valence-electron chi connectivity index (χ1n) is 10.1. The van der Waals surface area contributed by atoms with Crippen molar-refractivity contribution in [3.05, 3.63) is 139 Å². The van der Waals surface area contributed by atoms with Crippen LogP contribution >= 0.6 is 0 Å². The van der Waals surface area contributed by atoms with Gasteiger partial charge in [-0.05, 0) is 23.9 Å². The Morgan fingerprint density at radius 1 is 0.531 bits per heavy atom. The summed E-state index contributed by atoms with van der Waals surface area (Å²) in [7, 11) is 0. The van der Waals surface area contributed by atoms with E-state index >= 15 is 0 Å². The van der Waals surface area contributed by atoms with E-state index in [0.29, 0.717) is 0 Å². The van der Waals surface area contributed by atoms with Crippen LogP contribution in [0.25, 0.3) is 28.0 Å². The van der Waals surface area contributed by atoms with Crippen molar-refractivity contribution in [1.29, 1.82) is 0 Å². The van der Waals surface area contributed by atoms with E-state index in [2.05, 4.69) is 21.4 Å². The maximum absolute atomic E-state index is 4.62. The minimum atomic E-state index is 0. The number of pyridine rings is 2. The van der Waals surface area contributed by atoms with Gasteiger partial charge in [0.05, 0.1) is 11.4 Å². The second-order valence-corrected chi connectivity index (χ2v) is 6.68. The van der Waals surface area contributed by atoms with Gasteiger partial charge in [-0.25, -0.2) is 0 Å².